The first-order valence-electron chi connectivity index (χ1n) is 13.7. The number of ether oxygens (including phenoxy) is 2. The van der Waals surface area contributed by atoms with Crippen LogP contribution in [-0.2, 0) is 0 Å². The van der Waals surface area contributed by atoms with Gasteiger partial charge >= 0.3 is 5.97 Å². The summed E-state index contributed by atoms with van der Waals surface area (Å²) < 4.78 is 11.3. The minimum atomic E-state index is -0.407. The molecule has 0 atom stereocenters. The SMILES string of the molecule is CCCCCCCCCCCCOc1ccc(C(=O)Oc2ccc(N=Nc3ccc(C)cc3)cc2)cc1. The first kappa shape index (κ1) is 28.1. The fraction of sp³-hybridized carbons (Fsp3) is 0.406. The van der Waals surface area contributed by atoms with Crippen LogP contribution in [0.3, 0.4) is 0 Å². The summed E-state index contributed by atoms with van der Waals surface area (Å²) in [5, 5.41) is 8.45. The molecule has 0 heterocycles. The Labute approximate surface area is 221 Å². The van der Waals surface area contributed by atoms with Crippen molar-refractivity contribution in [1.82, 2.24) is 0 Å². The first-order valence-corrected chi connectivity index (χ1v) is 13.7. The van der Waals surface area contributed by atoms with E-state index in [1.54, 1.807) is 36.4 Å². The normalized spacial score (nSPS) is 11.1. The van der Waals surface area contributed by atoms with Gasteiger partial charge in [0.15, 0.2) is 0 Å². The van der Waals surface area contributed by atoms with Gasteiger partial charge in [0.25, 0.3) is 0 Å². The Morgan fingerprint density at radius 3 is 1.68 bits per heavy atom. The van der Waals surface area contributed by atoms with Crippen molar-refractivity contribution in [3.8, 4) is 11.5 Å². The lowest BCUT2D eigenvalue weighted by Gasteiger charge is -2.08. The molecule has 3 rings (SSSR count). The quantitative estimate of drug-likeness (QED) is 0.0850. The minimum absolute atomic E-state index is 0.407. The molecular weight excluding hydrogens is 460 g/mol. The van der Waals surface area contributed by atoms with Gasteiger partial charge in [-0.3, -0.25) is 0 Å². The Morgan fingerprint density at radius 1 is 0.622 bits per heavy atom. The predicted molar refractivity (Wildman–Crippen MR) is 151 cm³/mol. The topological polar surface area (TPSA) is 60.2 Å². The Hall–Kier alpha value is -3.47. The highest BCUT2D eigenvalue weighted by atomic mass is 16.5. The third-order valence-corrected chi connectivity index (χ3v) is 6.22. The summed E-state index contributed by atoms with van der Waals surface area (Å²) in [5.74, 6) is 0.826. The van der Waals surface area contributed by atoms with Gasteiger partial charge in [-0.15, -0.1) is 0 Å². The number of unbranched alkanes of at least 4 members (excludes halogenated alkanes) is 9. The maximum absolute atomic E-state index is 12.5. The molecule has 196 valence electrons. The van der Waals surface area contributed by atoms with E-state index in [9.17, 15) is 4.79 Å². The smallest absolute Gasteiger partial charge is 0.343 e. The molecule has 0 saturated carbocycles. The molecule has 0 saturated heterocycles. The van der Waals surface area contributed by atoms with Crippen LogP contribution >= 0.6 is 0 Å². The predicted octanol–water partition coefficient (Wildman–Crippen LogP) is 9.93. The summed E-state index contributed by atoms with van der Waals surface area (Å²) in [5.41, 5.74) is 3.13. The highest BCUT2D eigenvalue weighted by Crippen LogP contribution is 2.23. The lowest BCUT2D eigenvalue weighted by molar-refractivity contribution is 0.0734. The molecule has 3 aromatic rings. The number of azo groups is 1. The van der Waals surface area contributed by atoms with Gasteiger partial charge in [-0.05, 0) is 74.0 Å². The van der Waals surface area contributed by atoms with Gasteiger partial charge in [0, 0.05) is 0 Å². The summed E-state index contributed by atoms with van der Waals surface area (Å²) >= 11 is 0. The molecule has 5 heteroatoms. The fourth-order valence-corrected chi connectivity index (χ4v) is 3.94. The maximum atomic E-state index is 12.5. The highest BCUT2D eigenvalue weighted by molar-refractivity contribution is 5.91. The maximum Gasteiger partial charge on any atom is 0.343 e. The average Bonchev–Trinajstić information content (AvgIpc) is 2.92. The van der Waals surface area contributed by atoms with Gasteiger partial charge in [0.2, 0.25) is 0 Å². The average molecular weight is 501 g/mol. The monoisotopic (exact) mass is 500 g/mol. The molecule has 5 nitrogen and oxygen atoms in total. The second-order valence-corrected chi connectivity index (χ2v) is 9.47. The van der Waals surface area contributed by atoms with Crippen LogP contribution in [0.5, 0.6) is 11.5 Å². The Bertz CT molecular complexity index is 1070. The molecule has 0 bridgehead atoms. The molecule has 0 fully saturated rings. The number of benzene rings is 3. The summed E-state index contributed by atoms with van der Waals surface area (Å²) in [6, 6.07) is 21.9. The van der Waals surface area contributed by atoms with Crippen molar-refractivity contribution in [2.45, 2.75) is 78.1 Å². The fourth-order valence-electron chi connectivity index (χ4n) is 3.94. The minimum Gasteiger partial charge on any atom is -0.494 e. The van der Waals surface area contributed by atoms with E-state index in [1.165, 1.54) is 63.4 Å². The van der Waals surface area contributed by atoms with Crippen molar-refractivity contribution in [1.29, 1.82) is 0 Å². The molecule has 0 spiro atoms. The van der Waals surface area contributed by atoms with Crippen LogP contribution in [0.25, 0.3) is 0 Å². The van der Waals surface area contributed by atoms with Gasteiger partial charge in [0.1, 0.15) is 11.5 Å². The molecule has 0 N–H and O–H groups in total. The van der Waals surface area contributed by atoms with Gasteiger partial charge < -0.3 is 9.47 Å². The van der Waals surface area contributed by atoms with E-state index in [0.29, 0.717) is 23.6 Å². The Morgan fingerprint density at radius 2 is 1.11 bits per heavy atom. The van der Waals surface area contributed by atoms with E-state index in [4.69, 9.17) is 9.47 Å². The number of carbonyl (C=O) groups is 1. The standard InChI is InChI=1S/C32H40N2O3/c1-3-4-5-6-7-8-9-10-11-12-25-36-30-21-15-27(16-22-30)32(35)37-31-23-19-29(20-24-31)34-33-28-17-13-26(2)14-18-28/h13-24H,3-12,25H2,1-2H3. The number of esters is 1. The molecule has 0 unspecified atom stereocenters. The van der Waals surface area contributed by atoms with Crippen molar-refractivity contribution < 1.29 is 14.3 Å². The first-order chi connectivity index (χ1) is 18.1. The van der Waals surface area contributed by atoms with Crippen LogP contribution in [0.15, 0.2) is 83.0 Å². The zero-order chi connectivity index (χ0) is 26.1. The number of hydrogen-bond donors (Lipinski definition) is 0. The van der Waals surface area contributed by atoms with Crippen LogP contribution in [0.1, 0.15) is 87.1 Å². The van der Waals surface area contributed by atoms with Gasteiger partial charge in [-0.25, -0.2) is 4.79 Å². The number of nitrogens with zero attached hydrogens (tertiary/aromatic N) is 2. The number of rotatable bonds is 16. The zero-order valence-corrected chi connectivity index (χ0v) is 22.3. The van der Waals surface area contributed by atoms with Crippen molar-refractivity contribution in [3.05, 3.63) is 83.9 Å². The number of aryl methyl sites for hydroxylation is 1. The largest absolute Gasteiger partial charge is 0.494 e. The van der Waals surface area contributed by atoms with Crippen LogP contribution in [-0.4, -0.2) is 12.6 Å². The Balaban J connectivity index is 1.33. The van der Waals surface area contributed by atoms with Crippen molar-refractivity contribution >= 4 is 17.3 Å². The number of hydrogen-bond acceptors (Lipinski definition) is 5. The lowest BCUT2D eigenvalue weighted by Crippen LogP contribution is -2.08. The summed E-state index contributed by atoms with van der Waals surface area (Å²) in [7, 11) is 0. The third-order valence-electron chi connectivity index (χ3n) is 6.22. The van der Waals surface area contributed by atoms with E-state index in [-0.39, 0.29) is 0 Å². The molecule has 0 radical (unpaired) electrons. The third kappa shape index (κ3) is 11.0. The summed E-state index contributed by atoms with van der Waals surface area (Å²) in [6.45, 7) is 4.99. The summed E-state index contributed by atoms with van der Waals surface area (Å²) in [4.78, 5) is 12.5. The highest BCUT2D eigenvalue weighted by Gasteiger charge is 2.09. The molecule has 0 aromatic heterocycles. The van der Waals surface area contributed by atoms with E-state index in [0.717, 1.165) is 17.9 Å². The van der Waals surface area contributed by atoms with E-state index in [2.05, 4.69) is 17.2 Å². The molecule has 0 amide bonds. The van der Waals surface area contributed by atoms with Crippen LogP contribution in [0, 0.1) is 6.92 Å². The van der Waals surface area contributed by atoms with Crippen molar-refractivity contribution in [2.75, 3.05) is 6.61 Å². The second-order valence-electron chi connectivity index (χ2n) is 9.47. The molecule has 0 aliphatic rings. The van der Waals surface area contributed by atoms with E-state index in [1.807, 2.05) is 43.3 Å². The van der Waals surface area contributed by atoms with Gasteiger partial charge in [-0.2, -0.15) is 10.2 Å². The molecular formula is C32H40N2O3. The molecule has 0 aliphatic carbocycles. The van der Waals surface area contributed by atoms with E-state index >= 15 is 0 Å². The van der Waals surface area contributed by atoms with Crippen LogP contribution < -0.4 is 9.47 Å². The molecule has 37 heavy (non-hydrogen) atoms. The molecule has 3 aromatic carbocycles. The lowest BCUT2D eigenvalue weighted by atomic mass is 10.1. The van der Waals surface area contributed by atoms with Crippen LogP contribution in [0.2, 0.25) is 0 Å². The van der Waals surface area contributed by atoms with E-state index < -0.39 is 5.97 Å². The summed E-state index contributed by atoms with van der Waals surface area (Å²) in [6.07, 6.45) is 13.0. The second kappa shape index (κ2) is 16.3. The Kier molecular flexibility index (Phi) is 12.4. The zero-order valence-electron chi connectivity index (χ0n) is 22.3. The van der Waals surface area contributed by atoms with Crippen molar-refractivity contribution in [3.63, 3.8) is 0 Å². The number of carbonyl (C=O) groups excluding carboxylic acids is 1. The molecule has 0 aliphatic heterocycles. The van der Waals surface area contributed by atoms with Gasteiger partial charge in [-0.1, -0.05) is 82.4 Å². The van der Waals surface area contributed by atoms with Crippen LogP contribution in [0.4, 0.5) is 11.4 Å². The van der Waals surface area contributed by atoms with Gasteiger partial charge in [0.05, 0.1) is 23.5 Å². The van der Waals surface area contributed by atoms with Crippen molar-refractivity contribution in [2.24, 2.45) is 10.2 Å².